The summed E-state index contributed by atoms with van der Waals surface area (Å²) in [4.78, 5) is 16.6. The molecule has 0 amide bonds. The van der Waals surface area contributed by atoms with Gasteiger partial charge in [-0.3, -0.25) is 9.79 Å². The third-order valence-corrected chi connectivity index (χ3v) is 7.32. The number of ketones is 1. The van der Waals surface area contributed by atoms with Crippen molar-refractivity contribution in [1.29, 1.82) is 0 Å². The second-order valence-electron chi connectivity index (χ2n) is 9.47. The fourth-order valence-electron chi connectivity index (χ4n) is 5.14. The molecule has 4 rings (SSSR count). The lowest BCUT2D eigenvalue weighted by atomic mass is 9.58. The number of nitrogens with zero attached hydrogens (tertiary/aromatic N) is 1. The molecule has 1 aromatic carbocycles. The van der Waals surface area contributed by atoms with Gasteiger partial charge in [-0.25, -0.2) is 4.39 Å². The number of carbonyl (C=O) groups excluding carboxylic acids is 1. The van der Waals surface area contributed by atoms with Gasteiger partial charge in [-0.1, -0.05) is 19.4 Å². The Balaban J connectivity index is 1.36. The third kappa shape index (κ3) is 3.69. The molecule has 1 heterocycles. The zero-order valence-corrected chi connectivity index (χ0v) is 17.0. The summed E-state index contributed by atoms with van der Waals surface area (Å²) >= 11 is 0. The zero-order chi connectivity index (χ0) is 21.7. The molecule has 0 aromatic heterocycles. The van der Waals surface area contributed by atoms with Gasteiger partial charge >= 0.3 is 11.8 Å². The van der Waals surface area contributed by atoms with E-state index in [9.17, 15) is 26.7 Å². The van der Waals surface area contributed by atoms with Crippen LogP contribution in [0.2, 0.25) is 0 Å². The molecule has 2 aliphatic carbocycles. The Morgan fingerprint density at radius 2 is 1.93 bits per heavy atom. The number of benzene rings is 1. The quantitative estimate of drug-likeness (QED) is 0.431. The van der Waals surface area contributed by atoms with Crippen LogP contribution in [0.1, 0.15) is 76.2 Å². The number of carbonyl (C=O) groups is 1. The van der Waals surface area contributed by atoms with Crippen LogP contribution in [-0.4, -0.2) is 23.3 Å². The average Bonchev–Trinajstić information content (AvgIpc) is 2.64. The van der Waals surface area contributed by atoms with Gasteiger partial charge in [0.1, 0.15) is 11.6 Å². The number of fused-ring (bicyclic) bond motifs is 1. The van der Waals surface area contributed by atoms with Crippen molar-refractivity contribution in [3.8, 4) is 0 Å². The minimum absolute atomic E-state index is 0.0646. The second kappa shape index (κ2) is 7.41. The highest BCUT2D eigenvalue weighted by Gasteiger charge is 2.71. The Bertz CT molecular complexity index is 874. The lowest BCUT2D eigenvalue weighted by Gasteiger charge is -2.47. The summed E-state index contributed by atoms with van der Waals surface area (Å²) in [7, 11) is 0. The monoisotopic (exact) mass is 427 g/mol. The molecule has 2 nitrogen and oxygen atoms in total. The van der Waals surface area contributed by atoms with E-state index in [-0.39, 0.29) is 23.6 Å². The topological polar surface area (TPSA) is 29.4 Å². The van der Waals surface area contributed by atoms with E-state index in [0.29, 0.717) is 18.5 Å². The summed E-state index contributed by atoms with van der Waals surface area (Å²) in [5.74, 6) is -10.2. The molecule has 30 heavy (non-hydrogen) atoms. The van der Waals surface area contributed by atoms with Crippen molar-refractivity contribution in [2.75, 3.05) is 0 Å². The van der Waals surface area contributed by atoms with Gasteiger partial charge in [0.25, 0.3) is 0 Å². The van der Waals surface area contributed by atoms with Crippen molar-refractivity contribution in [2.45, 2.75) is 82.5 Å². The van der Waals surface area contributed by atoms with E-state index in [0.717, 1.165) is 30.5 Å². The highest BCUT2D eigenvalue weighted by atomic mass is 19.3. The Hall–Kier alpha value is -1.79. The van der Waals surface area contributed by atoms with E-state index in [1.165, 1.54) is 18.6 Å². The second-order valence-corrected chi connectivity index (χ2v) is 9.47. The van der Waals surface area contributed by atoms with Crippen molar-refractivity contribution in [3.05, 3.63) is 29.6 Å². The predicted molar refractivity (Wildman–Crippen MR) is 104 cm³/mol. The molecular weight excluding hydrogens is 401 g/mol. The summed E-state index contributed by atoms with van der Waals surface area (Å²) < 4.78 is 66.3. The van der Waals surface area contributed by atoms with Crippen LogP contribution >= 0.6 is 0 Å². The summed E-state index contributed by atoms with van der Waals surface area (Å²) in [6, 6.07) is 4.72. The summed E-state index contributed by atoms with van der Waals surface area (Å²) in [5, 5.41) is 0. The van der Waals surface area contributed by atoms with Gasteiger partial charge in [0.15, 0.2) is 0 Å². The maximum atomic E-state index is 13.7. The van der Waals surface area contributed by atoms with Crippen molar-refractivity contribution in [3.63, 3.8) is 0 Å². The molecule has 0 N–H and O–H groups in total. The fraction of sp³-hybridized carbons (Fsp3) is 0.652. The van der Waals surface area contributed by atoms with Gasteiger partial charge in [0.2, 0.25) is 0 Å². The van der Waals surface area contributed by atoms with Gasteiger partial charge < -0.3 is 0 Å². The average molecular weight is 427 g/mol. The summed E-state index contributed by atoms with van der Waals surface area (Å²) in [6.45, 7) is 2.25. The summed E-state index contributed by atoms with van der Waals surface area (Å²) in [5.41, 5.74) is 2.74. The minimum atomic E-state index is -4.09. The van der Waals surface area contributed by atoms with Crippen LogP contribution in [-0.2, 0) is 4.79 Å². The normalized spacial score (nSPS) is 28.0. The van der Waals surface area contributed by atoms with E-state index < -0.39 is 36.4 Å². The zero-order valence-electron chi connectivity index (χ0n) is 17.0. The molecule has 2 saturated carbocycles. The molecule has 0 saturated heterocycles. The molecule has 0 radical (unpaired) electrons. The van der Waals surface area contributed by atoms with E-state index in [1.54, 1.807) is 0 Å². The molecule has 7 heteroatoms. The van der Waals surface area contributed by atoms with Crippen molar-refractivity contribution in [1.82, 2.24) is 0 Å². The van der Waals surface area contributed by atoms with Crippen molar-refractivity contribution in [2.24, 2.45) is 16.3 Å². The lowest BCUT2D eigenvalue weighted by molar-refractivity contribution is -0.313. The van der Waals surface area contributed by atoms with Gasteiger partial charge in [-0.15, -0.1) is 0 Å². The van der Waals surface area contributed by atoms with Crippen LogP contribution in [0.5, 0.6) is 0 Å². The smallest absolute Gasteiger partial charge is 0.300 e. The highest BCUT2D eigenvalue weighted by Crippen LogP contribution is 2.57. The Labute approximate surface area is 173 Å². The first-order valence-electron chi connectivity index (χ1n) is 10.6. The van der Waals surface area contributed by atoms with Gasteiger partial charge in [0, 0.05) is 30.9 Å². The van der Waals surface area contributed by atoms with E-state index in [2.05, 4.69) is 11.9 Å². The van der Waals surface area contributed by atoms with Crippen molar-refractivity contribution < 1.29 is 26.7 Å². The SMILES string of the molecule is CC1(C2CC(CCCC(=O)CC3CC(F)(F)C3(F)F)=Nc3cc(F)ccc32)CCC1. The maximum absolute atomic E-state index is 13.7. The number of rotatable bonds is 7. The van der Waals surface area contributed by atoms with E-state index in [4.69, 9.17) is 0 Å². The van der Waals surface area contributed by atoms with Crippen LogP contribution < -0.4 is 0 Å². The molecule has 0 bridgehead atoms. The predicted octanol–water partition coefficient (Wildman–Crippen LogP) is 7.00. The van der Waals surface area contributed by atoms with Crippen LogP contribution in [0.25, 0.3) is 0 Å². The molecule has 0 spiro atoms. The van der Waals surface area contributed by atoms with E-state index in [1.807, 2.05) is 6.07 Å². The van der Waals surface area contributed by atoms with Crippen LogP contribution in [0.15, 0.2) is 23.2 Å². The number of hydrogen-bond donors (Lipinski definition) is 0. The number of Topliss-reactive ketones (excluding diaryl/α,β-unsaturated/α-hetero) is 1. The van der Waals surface area contributed by atoms with Crippen LogP contribution in [0.4, 0.5) is 27.6 Å². The van der Waals surface area contributed by atoms with Gasteiger partial charge in [-0.05, 0) is 61.1 Å². The lowest BCUT2D eigenvalue weighted by Crippen LogP contribution is -2.59. The number of halogens is 5. The molecule has 2 atom stereocenters. The Kier molecular flexibility index (Phi) is 5.30. The Morgan fingerprint density at radius 1 is 1.20 bits per heavy atom. The standard InChI is InChI=1S/C23H26F5NO/c1-21(8-3-9-21)19-12-16(29-20-11-15(24)6-7-18(19)20)4-2-5-17(30)10-14-13-22(25,26)23(14,27)28/h6-7,11,14,19H,2-5,8-10,12-13H2,1H3. The molecule has 2 fully saturated rings. The molecule has 2 unspecified atom stereocenters. The number of aliphatic imine (C=N–C) groups is 1. The van der Waals surface area contributed by atoms with E-state index >= 15 is 0 Å². The maximum Gasteiger partial charge on any atom is 0.313 e. The van der Waals surface area contributed by atoms with Crippen LogP contribution in [0.3, 0.4) is 0 Å². The number of hydrogen-bond acceptors (Lipinski definition) is 2. The first-order valence-corrected chi connectivity index (χ1v) is 10.6. The molecule has 164 valence electrons. The first kappa shape index (κ1) is 21.4. The Morgan fingerprint density at radius 3 is 2.53 bits per heavy atom. The van der Waals surface area contributed by atoms with Gasteiger partial charge in [0.05, 0.1) is 5.69 Å². The minimum Gasteiger partial charge on any atom is -0.300 e. The largest absolute Gasteiger partial charge is 0.313 e. The molecular formula is C23H26F5NO. The van der Waals surface area contributed by atoms with Crippen LogP contribution in [0, 0.1) is 17.2 Å². The molecule has 1 aromatic rings. The fourth-order valence-corrected chi connectivity index (χ4v) is 5.14. The molecule has 3 aliphatic rings. The van der Waals surface area contributed by atoms with Crippen molar-refractivity contribution >= 4 is 17.2 Å². The molecule has 1 aliphatic heterocycles. The number of alkyl halides is 4. The third-order valence-electron chi connectivity index (χ3n) is 7.32. The van der Waals surface area contributed by atoms with Gasteiger partial charge in [-0.2, -0.15) is 17.6 Å². The summed E-state index contributed by atoms with van der Waals surface area (Å²) in [6.07, 6.45) is 3.72. The highest BCUT2D eigenvalue weighted by molar-refractivity contribution is 5.90. The first-order chi connectivity index (χ1) is 14.0.